The van der Waals surface area contributed by atoms with Crippen LogP contribution in [0.5, 0.6) is 11.5 Å². The van der Waals surface area contributed by atoms with E-state index in [1.165, 1.54) is 5.57 Å². The molecule has 1 aromatic carbocycles. The van der Waals surface area contributed by atoms with E-state index < -0.39 is 0 Å². The van der Waals surface area contributed by atoms with Crippen molar-refractivity contribution in [3.63, 3.8) is 0 Å². The second-order valence-corrected chi connectivity index (χ2v) is 5.58. The summed E-state index contributed by atoms with van der Waals surface area (Å²) in [5.74, 6) is 1.56. The van der Waals surface area contributed by atoms with Gasteiger partial charge in [-0.2, -0.15) is 0 Å². The number of hydrogen-bond acceptors (Lipinski definition) is 3. The minimum atomic E-state index is 0.114. The van der Waals surface area contributed by atoms with Crippen LogP contribution >= 0.6 is 0 Å². The first kappa shape index (κ1) is 14.7. The molecular weight excluding hydrogens is 278 g/mol. The molecule has 3 rings (SSSR count). The van der Waals surface area contributed by atoms with Crippen molar-refractivity contribution in [1.29, 1.82) is 0 Å². The number of hydrogen-bond donors (Lipinski definition) is 0. The van der Waals surface area contributed by atoms with Gasteiger partial charge in [0.2, 0.25) is 0 Å². The number of allylic oxidation sites excluding steroid dienone is 2. The second-order valence-electron chi connectivity index (χ2n) is 5.58. The van der Waals surface area contributed by atoms with Crippen LogP contribution in [0, 0.1) is 0 Å². The van der Waals surface area contributed by atoms with Crippen LogP contribution in [-0.4, -0.2) is 31.6 Å². The molecule has 2 aliphatic rings. The predicted molar refractivity (Wildman–Crippen MR) is 85.0 cm³/mol. The van der Waals surface area contributed by atoms with E-state index in [4.69, 9.17) is 9.47 Å². The van der Waals surface area contributed by atoms with E-state index in [1.807, 2.05) is 23.1 Å². The lowest BCUT2D eigenvalue weighted by Crippen LogP contribution is -2.27. The van der Waals surface area contributed by atoms with Crippen LogP contribution in [0.1, 0.15) is 24.8 Å². The minimum absolute atomic E-state index is 0.114. The van der Waals surface area contributed by atoms with Crippen LogP contribution in [0.4, 0.5) is 0 Å². The quantitative estimate of drug-likeness (QED) is 0.838. The van der Waals surface area contributed by atoms with Gasteiger partial charge in [-0.25, -0.2) is 0 Å². The van der Waals surface area contributed by atoms with Crippen LogP contribution in [-0.2, 0) is 11.2 Å². The highest BCUT2D eigenvalue weighted by Gasteiger charge is 2.27. The van der Waals surface area contributed by atoms with Crippen molar-refractivity contribution in [2.75, 3.05) is 20.8 Å². The van der Waals surface area contributed by atoms with Crippen LogP contribution in [0.3, 0.4) is 0 Å². The summed E-state index contributed by atoms with van der Waals surface area (Å²) >= 11 is 0. The zero-order chi connectivity index (χ0) is 15.5. The zero-order valence-electron chi connectivity index (χ0n) is 13.1. The van der Waals surface area contributed by atoms with Gasteiger partial charge in [-0.3, -0.25) is 4.79 Å². The molecule has 22 heavy (non-hydrogen) atoms. The lowest BCUT2D eigenvalue weighted by Gasteiger charge is -2.22. The maximum atomic E-state index is 12.1. The largest absolute Gasteiger partial charge is 0.493 e. The summed E-state index contributed by atoms with van der Waals surface area (Å²) in [4.78, 5) is 14.0. The van der Waals surface area contributed by atoms with Crippen LogP contribution in [0.2, 0.25) is 0 Å². The molecular formula is C18H21NO3. The third-order valence-corrected chi connectivity index (χ3v) is 4.24. The summed E-state index contributed by atoms with van der Waals surface area (Å²) in [5.41, 5.74) is 3.45. The molecule has 1 heterocycles. The van der Waals surface area contributed by atoms with Gasteiger partial charge in [-0.15, -0.1) is 0 Å². The highest BCUT2D eigenvalue weighted by Crippen LogP contribution is 2.33. The van der Waals surface area contributed by atoms with Gasteiger partial charge in [0.25, 0.3) is 5.91 Å². The van der Waals surface area contributed by atoms with Crippen molar-refractivity contribution in [2.45, 2.75) is 25.7 Å². The fourth-order valence-corrected chi connectivity index (χ4v) is 3.07. The van der Waals surface area contributed by atoms with Crippen molar-refractivity contribution in [3.05, 3.63) is 47.2 Å². The first-order valence-corrected chi connectivity index (χ1v) is 7.66. The summed E-state index contributed by atoms with van der Waals surface area (Å²) in [6.45, 7) is 0.695. The molecule has 0 saturated carbocycles. The highest BCUT2D eigenvalue weighted by molar-refractivity contribution is 5.95. The number of nitrogens with zero attached hydrogens (tertiary/aromatic N) is 1. The third kappa shape index (κ3) is 2.73. The summed E-state index contributed by atoms with van der Waals surface area (Å²) < 4.78 is 10.6. The predicted octanol–water partition coefficient (Wildman–Crippen LogP) is 3.08. The van der Waals surface area contributed by atoms with Crippen molar-refractivity contribution >= 4 is 5.91 Å². The van der Waals surface area contributed by atoms with Gasteiger partial charge < -0.3 is 14.4 Å². The number of benzene rings is 1. The molecule has 0 aromatic heterocycles. The Kier molecular flexibility index (Phi) is 4.18. The van der Waals surface area contributed by atoms with Gasteiger partial charge in [-0.1, -0.05) is 12.1 Å². The molecule has 0 atom stereocenters. The molecule has 116 valence electrons. The van der Waals surface area contributed by atoms with Crippen molar-refractivity contribution in [3.8, 4) is 11.5 Å². The standard InChI is InChI=1S/C18H21NO3/c1-21-16-8-7-13(11-17(16)22-2)9-10-19-15-6-4-3-5-14(15)12-18(19)20/h6-8,11-12H,3-5,9-10H2,1-2H3. The second kappa shape index (κ2) is 6.26. The van der Waals surface area contributed by atoms with Gasteiger partial charge in [0.1, 0.15) is 0 Å². The zero-order valence-corrected chi connectivity index (χ0v) is 13.1. The SMILES string of the molecule is COc1ccc(CCN2C(=O)C=C3CCCC=C32)cc1OC. The average Bonchev–Trinajstić information content (AvgIpc) is 2.87. The van der Waals surface area contributed by atoms with Gasteiger partial charge in [0.05, 0.1) is 14.2 Å². The number of ether oxygens (including phenoxy) is 2. The summed E-state index contributed by atoms with van der Waals surface area (Å²) in [5, 5.41) is 0. The number of carbonyl (C=O) groups is 1. The Balaban J connectivity index is 1.70. The Morgan fingerprint density at radius 2 is 2.00 bits per heavy atom. The van der Waals surface area contributed by atoms with Crippen molar-refractivity contribution in [2.24, 2.45) is 0 Å². The molecule has 0 saturated heterocycles. The van der Waals surface area contributed by atoms with E-state index in [-0.39, 0.29) is 5.91 Å². The average molecular weight is 299 g/mol. The summed E-state index contributed by atoms with van der Waals surface area (Å²) in [6, 6.07) is 5.90. The van der Waals surface area contributed by atoms with Crippen molar-refractivity contribution < 1.29 is 14.3 Å². The molecule has 4 nitrogen and oxygen atoms in total. The first-order valence-electron chi connectivity index (χ1n) is 7.66. The summed E-state index contributed by atoms with van der Waals surface area (Å²) in [7, 11) is 3.26. The molecule has 1 amide bonds. The van der Waals surface area contributed by atoms with Crippen LogP contribution in [0.15, 0.2) is 41.6 Å². The number of carbonyl (C=O) groups excluding carboxylic acids is 1. The molecule has 0 fully saturated rings. The van der Waals surface area contributed by atoms with Gasteiger partial charge in [0, 0.05) is 18.3 Å². The van der Waals surface area contributed by atoms with Crippen LogP contribution in [0.25, 0.3) is 0 Å². The molecule has 0 unspecified atom stereocenters. The minimum Gasteiger partial charge on any atom is -0.493 e. The Bertz CT molecular complexity index is 646. The van der Waals surface area contributed by atoms with E-state index in [0.717, 1.165) is 48.4 Å². The maximum absolute atomic E-state index is 12.1. The number of methoxy groups -OCH3 is 2. The van der Waals surface area contributed by atoms with Gasteiger partial charge in [-0.05, 0) is 49.0 Å². The Morgan fingerprint density at radius 3 is 2.77 bits per heavy atom. The lowest BCUT2D eigenvalue weighted by molar-refractivity contribution is -0.123. The number of rotatable bonds is 5. The Hall–Kier alpha value is -2.23. The van der Waals surface area contributed by atoms with Gasteiger partial charge >= 0.3 is 0 Å². The highest BCUT2D eigenvalue weighted by atomic mass is 16.5. The molecule has 0 radical (unpaired) electrons. The lowest BCUT2D eigenvalue weighted by atomic mass is 10.00. The molecule has 1 aliphatic heterocycles. The molecule has 0 spiro atoms. The molecule has 1 aromatic rings. The Morgan fingerprint density at radius 1 is 1.18 bits per heavy atom. The summed E-state index contributed by atoms with van der Waals surface area (Å²) in [6.07, 6.45) is 8.00. The van der Waals surface area contributed by atoms with Crippen molar-refractivity contribution in [1.82, 2.24) is 4.90 Å². The first-order chi connectivity index (χ1) is 10.7. The normalized spacial score (nSPS) is 17.0. The molecule has 0 bridgehead atoms. The van der Waals surface area contributed by atoms with E-state index in [9.17, 15) is 4.79 Å². The molecule has 0 N–H and O–H groups in total. The van der Waals surface area contributed by atoms with E-state index in [0.29, 0.717) is 6.54 Å². The fourth-order valence-electron chi connectivity index (χ4n) is 3.07. The number of amides is 1. The van der Waals surface area contributed by atoms with Crippen LogP contribution < -0.4 is 9.47 Å². The van der Waals surface area contributed by atoms with E-state index >= 15 is 0 Å². The van der Waals surface area contributed by atoms with E-state index in [2.05, 4.69) is 6.08 Å². The smallest absolute Gasteiger partial charge is 0.251 e. The maximum Gasteiger partial charge on any atom is 0.251 e. The number of fused-ring (bicyclic) bond motifs is 1. The topological polar surface area (TPSA) is 38.8 Å². The van der Waals surface area contributed by atoms with E-state index in [1.54, 1.807) is 20.3 Å². The monoisotopic (exact) mass is 299 g/mol. The fraction of sp³-hybridized carbons (Fsp3) is 0.389. The Labute approximate surface area is 131 Å². The molecule has 4 heteroatoms. The molecule has 1 aliphatic carbocycles. The third-order valence-electron chi connectivity index (χ3n) is 4.24. The van der Waals surface area contributed by atoms with Gasteiger partial charge in [0.15, 0.2) is 11.5 Å².